The summed E-state index contributed by atoms with van der Waals surface area (Å²) in [7, 11) is 3.52. The Balaban J connectivity index is 0.000000241. The van der Waals surface area contributed by atoms with Gasteiger partial charge >= 0.3 is 30.8 Å². The van der Waals surface area contributed by atoms with Gasteiger partial charge in [-0.1, -0.05) is 47.5 Å². The van der Waals surface area contributed by atoms with Gasteiger partial charge in [0.2, 0.25) is 0 Å². The topological polar surface area (TPSA) is 178 Å². The number of aromatic nitrogens is 6. The maximum absolute atomic E-state index is 11.8. The van der Waals surface area contributed by atoms with Crippen LogP contribution in [0.15, 0.2) is 72.8 Å². The monoisotopic (exact) mass is 656 g/mol. The van der Waals surface area contributed by atoms with Crippen molar-refractivity contribution in [1.82, 2.24) is 29.2 Å². The van der Waals surface area contributed by atoms with Crippen molar-refractivity contribution in [2.75, 3.05) is 31.3 Å². The Labute approximate surface area is 285 Å². The van der Waals surface area contributed by atoms with E-state index in [4.69, 9.17) is 33.0 Å². The normalized spacial score (nSPS) is 10.3. The molecule has 6 rings (SSSR count). The first-order valence-corrected chi connectivity index (χ1v) is 14.1. The molecule has 0 bridgehead atoms. The summed E-state index contributed by atoms with van der Waals surface area (Å²) in [5, 5.41) is 24.6. The zero-order valence-corrected chi connectivity index (χ0v) is 26.7. The van der Waals surface area contributed by atoms with Gasteiger partial charge in [0.25, 0.3) is 0 Å². The van der Waals surface area contributed by atoms with Crippen molar-refractivity contribution in [2.24, 2.45) is 0 Å². The number of anilines is 2. The van der Waals surface area contributed by atoms with Gasteiger partial charge in [-0.25, -0.2) is 19.6 Å². The van der Waals surface area contributed by atoms with E-state index in [9.17, 15) is 9.59 Å². The van der Waals surface area contributed by atoms with Crippen LogP contribution < -0.4 is 29.5 Å². The summed E-state index contributed by atoms with van der Waals surface area (Å²) < 4.78 is 8.02. The fourth-order valence-electron chi connectivity index (χ4n) is 4.25. The predicted molar refractivity (Wildman–Crippen MR) is 171 cm³/mol. The molecule has 232 valence electrons. The minimum Gasteiger partial charge on any atom is -0.870 e. The van der Waals surface area contributed by atoms with E-state index in [0.29, 0.717) is 39.5 Å². The number of nitrogens with zero attached hydrogens (tertiary/aromatic N) is 6. The number of halogens is 2. The predicted octanol–water partition coefficient (Wildman–Crippen LogP) is 2.88. The van der Waals surface area contributed by atoms with Crippen LogP contribution in [0.3, 0.4) is 0 Å². The van der Waals surface area contributed by atoms with E-state index in [-0.39, 0.29) is 35.7 Å². The van der Waals surface area contributed by atoms with Crippen molar-refractivity contribution < 1.29 is 43.8 Å². The maximum Gasteiger partial charge on any atom is 1.00 e. The standard InChI is InChI=1S/C16H15ClN4O2.C14H11ClN4O2.Li.H2O/c1-3-23-16(22)13-9-15-19-12(8-14(18-2)21(15)20-13)10-4-6-11(17)7-5-10;1-16-12-6-10(8-2-4-9(15)5-3-8)17-13-7-11(14(20)21)18-19(12)13;;/h4-9,18H,3H2,1-2H3;2-7,16H,1H3,(H,20,21);;1H2/q;;+1;/p-1. The smallest absolute Gasteiger partial charge is 0.870 e. The molecule has 4 heterocycles. The first-order chi connectivity index (χ1) is 21.2. The summed E-state index contributed by atoms with van der Waals surface area (Å²) in [4.78, 5) is 31.9. The summed E-state index contributed by atoms with van der Waals surface area (Å²) in [6.07, 6.45) is 0. The van der Waals surface area contributed by atoms with Crippen molar-refractivity contribution in [3.05, 3.63) is 94.2 Å². The molecule has 0 radical (unpaired) electrons. The van der Waals surface area contributed by atoms with Crippen LogP contribution in [0.25, 0.3) is 33.8 Å². The van der Waals surface area contributed by atoms with Crippen LogP contribution in [-0.4, -0.2) is 72.4 Å². The molecule has 0 amide bonds. The first kappa shape index (κ1) is 35.8. The maximum atomic E-state index is 11.8. The molecule has 4 N–H and O–H groups in total. The van der Waals surface area contributed by atoms with Crippen molar-refractivity contribution in [1.29, 1.82) is 0 Å². The number of nitrogens with one attached hydrogen (secondary N) is 2. The number of esters is 1. The summed E-state index contributed by atoms with van der Waals surface area (Å²) in [6, 6.07) is 21.4. The molecule has 6 aromatic rings. The number of carboxylic acids is 1. The Morgan fingerprint density at radius 2 is 1.17 bits per heavy atom. The van der Waals surface area contributed by atoms with E-state index in [2.05, 4.69) is 30.8 Å². The molecule has 0 unspecified atom stereocenters. The average molecular weight is 657 g/mol. The molecule has 0 spiro atoms. The van der Waals surface area contributed by atoms with Crippen LogP contribution in [0.5, 0.6) is 0 Å². The molecule has 0 fully saturated rings. The summed E-state index contributed by atoms with van der Waals surface area (Å²) in [6.45, 7) is 2.05. The first-order valence-electron chi connectivity index (χ1n) is 13.3. The van der Waals surface area contributed by atoms with Crippen LogP contribution in [0.2, 0.25) is 10.0 Å². The zero-order chi connectivity index (χ0) is 31.4. The van der Waals surface area contributed by atoms with E-state index >= 15 is 0 Å². The number of carbonyl (C=O) groups is 2. The molecular weight excluding hydrogens is 630 g/mol. The molecule has 4 aromatic heterocycles. The fraction of sp³-hybridized carbons (Fsp3) is 0.133. The molecule has 0 saturated carbocycles. The number of carbonyl (C=O) groups excluding carboxylic acids is 1. The average Bonchev–Trinajstić information content (AvgIpc) is 3.66. The molecule has 2 aromatic carbocycles. The zero-order valence-electron chi connectivity index (χ0n) is 25.2. The van der Waals surface area contributed by atoms with Gasteiger partial charge in [0.15, 0.2) is 22.7 Å². The summed E-state index contributed by atoms with van der Waals surface area (Å²) in [5.41, 5.74) is 4.48. The van der Waals surface area contributed by atoms with Crippen LogP contribution in [0.1, 0.15) is 27.9 Å². The van der Waals surface area contributed by atoms with E-state index in [0.717, 1.165) is 22.6 Å². The molecule has 0 aliphatic heterocycles. The number of fused-ring (bicyclic) bond motifs is 2. The Bertz CT molecular complexity index is 1980. The molecule has 0 atom stereocenters. The third-order valence-corrected chi connectivity index (χ3v) is 6.85. The van der Waals surface area contributed by atoms with Crippen molar-refractivity contribution in [2.45, 2.75) is 6.92 Å². The molecule has 46 heavy (non-hydrogen) atoms. The second-order valence-electron chi connectivity index (χ2n) is 9.19. The second kappa shape index (κ2) is 15.6. The molecule has 0 aliphatic carbocycles. The largest absolute Gasteiger partial charge is 1.00 e. The van der Waals surface area contributed by atoms with Gasteiger partial charge in [0.1, 0.15) is 11.6 Å². The van der Waals surface area contributed by atoms with Gasteiger partial charge in [0, 0.05) is 59.5 Å². The third kappa shape index (κ3) is 7.76. The van der Waals surface area contributed by atoms with E-state index in [1.165, 1.54) is 10.6 Å². The van der Waals surface area contributed by atoms with Gasteiger partial charge in [0.05, 0.1) is 18.0 Å². The molecular formula is C30H27Cl2LiN8O5. The number of ether oxygens (including phenoxy) is 1. The second-order valence-corrected chi connectivity index (χ2v) is 10.1. The van der Waals surface area contributed by atoms with E-state index < -0.39 is 11.9 Å². The third-order valence-electron chi connectivity index (χ3n) is 6.35. The van der Waals surface area contributed by atoms with Crippen molar-refractivity contribution >= 4 is 58.1 Å². The van der Waals surface area contributed by atoms with Gasteiger partial charge in [-0.3, -0.25) is 0 Å². The van der Waals surface area contributed by atoms with Gasteiger partial charge in [-0.15, -0.1) is 0 Å². The summed E-state index contributed by atoms with van der Waals surface area (Å²) >= 11 is 11.8. The Morgan fingerprint density at radius 1 is 0.761 bits per heavy atom. The Hall–Kier alpha value is -4.64. The number of carboxylic acid groups (broad SMARTS) is 1. The Morgan fingerprint density at radius 3 is 1.57 bits per heavy atom. The number of rotatable bonds is 7. The van der Waals surface area contributed by atoms with E-state index in [1.807, 2.05) is 42.5 Å². The number of hydrogen-bond acceptors (Lipinski definition) is 10. The number of aromatic carboxylic acids is 1. The number of hydrogen-bond donors (Lipinski definition) is 3. The minimum absolute atomic E-state index is 0. The molecule has 16 heteroatoms. The van der Waals surface area contributed by atoms with Gasteiger partial charge < -0.3 is 26.0 Å². The van der Waals surface area contributed by atoms with Crippen molar-refractivity contribution in [3.8, 4) is 22.5 Å². The van der Waals surface area contributed by atoms with Crippen LogP contribution >= 0.6 is 23.2 Å². The number of benzene rings is 2. The Kier molecular flexibility index (Phi) is 12.1. The molecule has 13 nitrogen and oxygen atoms in total. The van der Waals surface area contributed by atoms with Crippen LogP contribution in [-0.2, 0) is 4.74 Å². The minimum atomic E-state index is -1.09. The molecule has 0 aliphatic rings. The molecule has 0 saturated heterocycles. The quantitative estimate of drug-likeness (QED) is 0.170. The van der Waals surface area contributed by atoms with Gasteiger partial charge in [-0.2, -0.15) is 19.2 Å². The fourth-order valence-corrected chi connectivity index (χ4v) is 4.50. The van der Waals surface area contributed by atoms with E-state index in [1.54, 1.807) is 49.8 Å². The van der Waals surface area contributed by atoms with Crippen LogP contribution in [0.4, 0.5) is 11.6 Å². The summed E-state index contributed by atoms with van der Waals surface area (Å²) in [5.74, 6) is -0.184. The van der Waals surface area contributed by atoms with Gasteiger partial charge in [-0.05, 0) is 31.2 Å². The van der Waals surface area contributed by atoms with Crippen LogP contribution in [0, 0.1) is 0 Å². The SMILES string of the molecule is CCOC(=O)c1cc2nc(-c3ccc(Cl)cc3)cc(NC)n2n1.CNc1cc(-c2ccc(Cl)cc2)nc2cc(C(=O)O)nn12.[Li+].[OH-]. The van der Waals surface area contributed by atoms with Crippen molar-refractivity contribution in [3.63, 3.8) is 0 Å².